The highest BCUT2D eigenvalue weighted by Crippen LogP contribution is 2.27. The monoisotopic (exact) mass is 515 g/mol. The Labute approximate surface area is 226 Å². The molecule has 0 spiro atoms. The normalized spacial score (nSPS) is 12.7. The number of fused-ring (bicyclic) bond motifs is 2. The van der Waals surface area contributed by atoms with Crippen molar-refractivity contribution in [3.8, 4) is 11.1 Å². The Morgan fingerprint density at radius 1 is 0.949 bits per heavy atom. The van der Waals surface area contributed by atoms with Crippen LogP contribution in [0.25, 0.3) is 22.2 Å². The molecule has 0 aliphatic heterocycles. The lowest BCUT2D eigenvalue weighted by Gasteiger charge is -2.16. The lowest BCUT2D eigenvalue weighted by Crippen LogP contribution is -2.34. The summed E-state index contributed by atoms with van der Waals surface area (Å²) in [6, 6.07) is 28.1. The molecular weight excluding hydrogens is 486 g/mol. The zero-order valence-corrected chi connectivity index (χ0v) is 21.6. The van der Waals surface area contributed by atoms with Gasteiger partial charge in [0.2, 0.25) is 5.43 Å². The van der Waals surface area contributed by atoms with Crippen LogP contribution >= 0.6 is 0 Å². The van der Waals surface area contributed by atoms with Gasteiger partial charge in [-0.3, -0.25) is 20.4 Å². The maximum absolute atomic E-state index is 13.5. The van der Waals surface area contributed by atoms with Crippen LogP contribution in [-0.4, -0.2) is 21.5 Å². The van der Waals surface area contributed by atoms with Gasteiger partial charge in [-0.15, -0.1) is 0 Å². The van der Waals surface area contributed by atoms with Crippen LogP contribution < -0.4 is 21.6 Å². The second-order valence-corrected chi connectivity index (χ2v) is 9.76. The molecule has 0 saturated heterocycles. The third-order valence-electron chi connectivity index (χ3n) is 7.24. The number of aromatic nitrogens is 2. The molecule has 7 nitrogen and oxygen atoms in total. The van der Waals surface area contributed by atoms with Crippen molar-refractivity contribution in [2.45, 2.75) is 32.4 Å². The Hall–Kier alpha value is -4.91. The molecule has 6 rings (SSSR count). The quantitative estimate of drug-likeness (QED) is 0.252. The number of anilines is 2. The molecule has 2 heterocycles. The highest BCUT2D eigenvalue weighted by atomic mass is 16.2. The van der Waals surface area contributed by atoms with Crippen LogP contribution in [0.2, 0.25) is 0 Å². The molecule has 0 radical (unpaired) electrons. The highest BCUT2D eigenvalue weighted by molar-refractivity contribution is 5.98. The number of carbonyl (C=O) groups excluding carboxylic acids is 1. The van der Waals surface area contributed by atoms with Crippen LogP contribution in [0.15, 0.2) is 102 Å². The summed E-state index contributed by atoms with van der Waals surface area (Å²) < 4.78 is 1.83. The Morgan fingerprint density at radius 3 is 2.38 bits per heavy atom. The van der Waals surface area contributed by atoms with Gasteiger partial charge in [0.25, 0.3) is 5.91 Å². The molecule has 0 fully saturated rings. The van der Waals surface area contributed by atoms with Gasteiger partial charge in [0, 0.05) is 24.3 Å². The van der Waals surface area contributed by atoms with Crippen LogP contribution in [0.1, 0.15) is 28.4 Å². The van der Waals surface area contributed by atoms with Gasteiger partial charge in [-0.2, -0.15) is 0 Å². The van der Waals surface area contributed by atoms with Crippen LogP contribution in [0.3, 0.4) is 0 Å². The maximum Gasteiger partial charge on any atom is 0.275 e. The zero-order chi connectivity index (χ0) is 26.8. The van der Waals surface area contributed by atoms with Crippen LogP contribution in [0.4, 0.5) is 11.4 Å². The van der Waals surface area contributed by atoms with Crippen molar-refractivity contribution in [2.24, 2.45) is 0 Å². The molecule has 0 atom stereocenters. The number of carbonyl (C=O) groups is 1. The van der Waals surface area contributed by atoms with Crippen molar-refractivity contribution in [3.05, 3.63) is 124 Å². The van der Waals surface area contributed by atoms with Crippen molar-refractivity contribution >= 4 is 28.3 Å². The van der Waals surface area contributed by atoms with Crippen LogP contribution in [-0.2, 0) is 19.4 Å². The average Bonchev–Trinajstić information content (AvgIpc) is 3.39. The SMILES string of the molecule is CCn1cc(C(=O)NNc2ccccc2-c2ccccc2)c(=O)c2cc(NC3Cc4ccccc4C3)cnc21. The van der Waals surface area contributed by atoms with E-state index < -0.39 is 5.91 Å². The first-order valence-electron chi connectivity index (χ1n) is 13.2. The molecule has 1 aliphatic carbocycles. The van der Waals surface area contributed by atoms with Gasteiger partial charge in [-0.1, -0.05) is 72.8 Å². The molecule has 0 bridgehead atoms. The van der Waals surface area contributed by atoms with E-state index in [2.05, 4.69) is 45.4 Å². The fraction of sp³-hybridized carbons (Fsp3) is 0.156. The predicted octanol–water partition coefficient (Wildman–Crippen LogP) is 5.42. The summed E-state index contributed by atoms with van der Waals surface area (Å²) in [4.78, 5) is 31.4. The van der Waals surface area contributed by atoms with E-state index in [1.54, 1.807) is 12.4 Å². The summed E-state index contributed by atoms with van der Waals surface area (Å²) in [5.41, 5.74) is 12.2. The molecule has 0 unspecified atom stereocenters. The number of pyridine rings is 2. The lowest BCUT2D eigenvalue weighted by molar-refractivity contribution is 0.0961. The van der Waals surface area contributed by atoms with Crippen LogP contribution in [0.5, 0.6) is 0 Å². The number of para-hydroxylation sites is 1. The molecule has 1 aliphatic rings. The lowest BCUT2D eigenvalue weighted by atomic mass is 10.0. The first-order chi connectivity index (χ1) is 19.1. The number of nitrogens with one attached hydrogen (secondary N) is 3. The van der Waals surface area contributed by atoms with E-state index in [1.165, 1.54) is 11.1 Å². The molecule has 2 aromatic heterocycles. The van der Waals surface area contributed by atoms with Crippen molar-refractivity contribution in [3.63, 3.8) is 0 Å². The number of hydrazine groups is 1. The second kappa shape index (κ2) is 10.5. The number of hydrogen-bond donors (Lipinski definition) is 3. The van der Waals surface area contributed by atoms with Gasteiger partial charge in [0.15, 0.2) is 0 Å². The summed E-state index contributed by atoms with van der Waals surface area (Å²) in [6.45, 7) is 2.53. The van der Waals surface area contributed by atoms with E-state index >= 15 is 0 Å². The van der Waals surface area contributed by atoms with E-state index in [4.69, 9.17) is 0 Å². The van der Waals surface area contributed by atoms with E-state index in [-0.39, 0.29) is 17.0 Å². The topological polar surface area (TPSA) is 88.0 Å². The summed E-state index contributed by atoms with van der Waals surface area (Å²) in [7, 11) is 0. The van der Waals surface area contributed by atoms with Crippen LogP contribution in [0, 0.1) is 0 Å². The summed E-state index contributed by atoms with van der Waals surface area (Å²) in [6.07, 6.45) is 5.19. The first kappa shape index (κ1) is 24.4. The predicted molar refractivity (Wildman–Crippen MR) is 156 cm³/mol. The van der Waals surface area contributed by atoms with Gasteiger partial charge in [0.1, 0.15) is 11.2 Å². The maximum atomic E-state index is 13.5. The Bertz CT molecular complexity index is 1700. The van der Waals surface area contributed by atoms with Gasteiger partial charge in [-0.25, -0.2) is 4.98 Å². The van der Waals surface area contributed by atoms with Gasteiger partial charge in [0.05, 0.1) is 23.0 Å². The highest BCUT2D eigenvalue weighted by Gasteiger charge is 2.22. The van der Waals surface area contributed by atoms with Crippen molar-refractivity contribution in [1.82, 2.24) is 15.0 Å². The fourth-order valence-electron chi connectivity index (χ4n) is 5.31. The minimum Gasteiger partial charge on any atom is -0.380 e. The third-order valence-corrected chi connectivity index (χ3v) is 7.24. The first-order valence-corrected chi connectivity index (χ1v) is 13.2. The fourth-order valence-corrected chi connectivity index (χ4v) is 5.31. The Kier molecular flexibility index (Phi) is 6.55. The number of amides is 1. The standard InChI is InChI=1S/C32H29N5O2/c1-2-37-20-28(32(39)36-35-29-15-9-8-14-26(29)21-10-4-3-5-11-21)30(38)27-18-25(19-33-31(27)37)34-24-16-22-12-6-7-13-23(22)17-24/h3-15,18-20,24,34-35H,2,16-17H2,1H3,(H,36,39). The molecule has 1 amide bonds. The Balaban J connectivity index is 1.26. The molecule has 39 heavy (non-hydrogen) atoms. The molecule has 194 valence electrons. The molecule has 5 aromatic rings. The smallest absolute Gasteiger partial charge is 0.275 e. The summed E-state index contributed by atoms with van der Waals surface area (Å²) >= 11 is 0. The van der Waals surface area contributed by atoms with E-state index in [9.17, 15) is 9.59 Å². The Morgan fingerprint density at radius 2 is 1.64 bits per heavy atom. The zero-order valence-electron chi connectivity index (χ0n) is 21.6. The molecule has 0 saturated carbocycles. The number of hydrogen-bond acceptors (Lipinski definition) is 5. The molecule has 3 N–H and O–H groups in total. The summed E-state index contributed by atoms with van der Waals surface area (Å²) in [5, 5.41) is 3.95. The van der Waals surface area contributed by atoms with Gasteiger partial charge in [-0.05, 0) is 48.6 Å². The molecule has 7 heteroatoms. The number of rotatable bonds is 7. The van der Waals surface area contributed by atoms with Crippen molar-refractivity contribution in [2.75, 3.05) is 10.7 Å². The summed E-state index contributed by atoms with van der Waals surface area (Å²) in [5.74, 6) is -0.503. The number of nitrogens with zero attached hydrogens (tertiary/aromatic N) is 2. The third kappa shape index (κ3) is 4.86. The molecular formula is C32H29N5O2. The van der Waals surface area contributed by atoms with Crippen molar-refractivity contribution < 1.29 is 4.79 Å². The minimum absolute atomic E-state index is 0.0567. The number of aryl methyl sites for hydroxylation is 1. The second-order valence-electron chi connectivity index (χ2n) is 9.76. The van der Waals surface area contributed by atoms with E-state index in [0.29, 0.717) is 17.6 Å². The van der Waals surface area contributed by atoms with E-state index in [1.807, 2.05) is 72.2 Å². The number of benzene rings is 3. The van der Waals surface area contributed by atoms with Gasteiger partial charge >= 0.3 is 0 Å². The van der Waals surface area contributed by atoms with Crippen molar-refractivity contribution in [1.29, 1.82) is 0 Å². The van der Waals surface area contributed by atoms with Gasteiger partial charge < -0.3 is 9.88 Å². The minimum atomic E-state index is -0.503. The molecule has 3 aromatic carbocycles. The average molecular weight is 516 g/mol. The largest absolute Gasteiger partial charge is 0.380 e. The van der Waals surface area contributed by atoms with E-state index in [0.717, 1.165) is 35.3 Å².